The zero-order valence-electron chi connectivity index (χ0n) is 10.9. The van der Waals surface area contributed by atoms with Gasteiger partial charge < -0.3 is 15.2 Å². The number of rotatable bonds is 4. The fourth-order valence-corrected chi connectivity index (χ4v) is 1.93. The molecular weight excluding hydrogens is 299 g/mol. The predicted molar refractivity (Wildman–Crippen MR) is 73.5 cm³/mol. The summed E-state index contributed by atoms with van der Waals surface area (Å²) in [5.41, 5.74) is 0.00389. The van der Waals surface area contributed by atoms with E-state index in [4.69, 9.17) is 16.1 Å². The molecule has 8 heteroatoms. The number of nitrogens with one attached hydrogen (secondary N) is 2. The van der Waals surface area contributed by atoms with Crippen LogP contribution in [0.1, 0.15) is 30.5 Å². The van der Waals surface area contributed by atoms with E-state index in [1.807, 2.05) is 0 Å². The van der Waals surface area contributed by atoms with Gasteiger partial charge in [0.2, 0.25) is 5.89 Å². The van der Waals surface area contributed by atoms with Crippen molar-refractivity contribution >= 4 is 23.3 Å². The third kappa shape index (κ3) is 3.49. The van der Waals surface area contributed by atoms with E-state index >= 15 is 0 Å². The summed E-state index contributed by atoms with van der Waals surface area (Å²) in [7, 11) is 0. The van der Waals surface area contributed by atoms with E-state index in [2.05, 4.69) is 20.8 Å². The molecule has 1 fully saturated rings. The van der Waals surface area contributed by atoms with Gasteiger partial charge in [0.15, 0.2) is 5.82 Å². The molecule has 6 nitrogen and oxygen atoms in total. The summed E-state index contributed by atoms with van der Waals surface area (Å²) in [4.78, 5) is 15.8. The van der Waals surface area contributed by atoms with Crippen molar-refractivity contribution < 1.29 is 13.7 Å². The van der Waals surface area contributed by atoms with Crippen LogP contribution >= 0.6 is 11.6 Å². The second kappa shape index (κ2) is 5.69. The van der Waals surface area contributed by atoms with Crippen LogP contribution in [0.4, 0.5) is 14.9 Å². The smallest absolute Gasteiger partial charge is 0.319 e. The number of urea groups is 1. The molecule has 0 atom stereocenters. The number of hydrogen-bond acceptors (Lipinski definition) is 4. The zero-order valence-corrected chi connectivity index (χ0v) is 11.7. The van der Waals surface area contributed by atoms with Crippen LogP contribution in [0.2, 0.25) is 5.02 Å². The lowest BCUT2D eigenvalue weighted by Gasteiger charge is -2.07. The van der Waals surface area contributed by atoms with E-state index < -0.39 is 11.8 Å². The van der Waals surface area contributed by atoms with Gasteiger partial charge in [0.25, 0.3) is 0 Å². The highest BCUT2D eigenvalue weighted by Gasteiger charge is 2.28. The number of aromatic nitrogens is 2. The molecule has 0 aliphatic heterocycles. The highest BCUT2D eigenvalue weighted by molar-refractivity contribution is 6.30. The molecule has 1 aromatic carbocycles. The Balaban J connectivity index is 1.54. The monoisotopic (exact) mass is 310 g/mol. The van der Waals surface area contributed by atoms with Crippen molar-refractivity contribution in [1.29, 1.82) is 0 Å². The minimum Gasteiger partial charge on any atom is -0.337 e. The molecule has 1 aliphatic carbocycles. The molecule has 0 unspecified atom stereocenters. The maximum atomic E-state index is 13.5. The summed E-state index contributed by atoms with van der Waals surface area (Å²) in [5.74, 6) is 0.812. The number of anilines is 1. The standard InChI is InChI=1S/C13H12ClFN4O2/c14-8-3-4-9(15)10(5-8)17-13(20)16-6-11-18-12(19-21-11)7-1-2-7/h3-5,7H,1-2,6H2,(H2,16,17,20). The molecule has 1 heterocycles. The molecule has 0 radical (unpaired) electrons. The van der Waals surface area contributed by atoms with E-state index in [1.165, 1.54) is 18.2 Å². The number of amides is 2. The van der Waals surface area contributed by atoms with Crippen molar-refractivity contribution in [2.24, 2.45) is 0 Å². The summed E-state index contributed by atoms with van der Waals surface area (Å²) in [5, 5.41) is 9.04. The van der Waals surface area contributed by atoms with Gasteiger partial charge in [-0.1, -0.05) is 16.8 Å². The van der Waals surface area contributed by atoms with E-state index in [9.17, 15) is 9.18 Å². The van der Waals surface area contributed by atoms with Gasteiger partial charge in [-0.25, -0.2) is 9.18 Å². The Kier molecular flexibility index (Phi) is 3.74. The first-order valence-electron chi connectivity index (χ1n) is 6.44. The molecule has 21 heavy (non-hydrogen) atoms. The van der Waals surface area contributed by atoms with E-state index in [1.54, 1.807) is 0 Å². The first kappa shape index (κ1) is 13.8. The molecule has 0 saturated heterocycles. The normalized spacial score (nSPS) is 14.0. The highest BCUT2D eigenvalue weighted by Crippen LogP contribution is 2.38. The lowest BCUT2D eigenvalue weighted by Crippen LogP contribution is -2.28. The van der Waals surface area contributed by atoms with Crippen molar-refractivity contribution in [2.45, 2.75) is 25.3 Å². The van der Waals surface area contributed by atoms with E-state index in [0.29, 0.717) is 22.7 Å². The Bertz CT molecular complexity index is 672. The number of carbonyl (C=O) groups excluding carboxylic acids is 1. The highest BCUT2D eigenvalue weighted by atomic mass is 35.5. The molecule has 0 bridgehead atoms. The van der Waals surface area contributed by atoms with Gasteiger partial charge >= 0.3 is 6.03 Å². The van der Waals surface area contributed by atoms with E-state index in [-0.39, 0.29) is 12.2 Å². The van der Waals surface area contributed by atoms with Crippen LogP contribution in [0.5, 0.6) is 0 Å². The summed E-state index contributed by atoms with van der Waals surface area (Å²) in [6.07, 6.45) is 2.14. The van der Waals surface area contributed by atoms with Crippen LogP contribution in [0.3, 0.4) is 0 Å². The van der Waals surface area contributed by atoms with Gasteiger partial charge in [0.1, 0.15) is 5.82 Å². The molecule has 2 aromatic rings. The fourth-order valence-electron chi connectivity index (χ4n) is 1.76. The van der Waals surface area contributed by atoms with Gasteiger partial charge in [-0.3, -0.25) is 0 Å². The molecule has 3 rings (SSSR count). The number of nitrogens with zero attached hydrogens (tertiary/aromatic N) is 2. The molecular formula is C13H12ClFN4O2. The van der Waals surface area contributed by atoms with Crippen LogP contribution in [0.25, 0.3) is 0 Å². The Morgan fingerprint density at radius 3 is 3.05 bits per heavy atom. The van der Waals surface area contributed by atoms with Crippen molar-refractivity contribution in [3.05, 3.63) is 40.8 Å². The maximum absolute atomic E-state index is 13.5. The molecule has 1 saturated carbocycles. The molecule has 2 amide bonds. The summed E-state index contributed by atoms with van der Waals surface area (Å²) in [6, 6.07) is 3.33. The summed E-state index contributed by atoms with van der Waals surface area (Å²) >= 11 is 5.74. The molecule has 110 valence electrons. The average molecular weight is 311 g/mol. The molecule has 1 aliphatic rings. The molecule has 2 N–H and O–H groups in total. The Morgan fingerprint density at radius 2 is 2.29 bits per heavy atom. The van der Waals surface area contributed by atoms with Crippen molar-refractivity contribution in [3.8, 4) is 0 Å². The minimum absolute atomic E-state index is 0.00389. The van der Waals surface area contributed by atoms with E-state index in [0.717, 1.165) is 12.8 Å². The van der Waals surface area contributed by atoms with Gasteiger partial charge in [0, 0.05) is 10.9 Å². The van der Waals surface area contributed by atoms with Gasteiger partial charge in [-0.15, -0.1) is 0 Å². The first-order chi connectivity index (χ1) is 10.1. The van der Waals surface area contributed by atoms with Crippen LogP contribution in [-0.4, -0.2) is 16.2 Å². The number of hydrogen-bond donors (Lipinski definition) is 2. The third-order valence-corrected chi connectivity index (χ3v) is 3.24. The average Bonchev–Trinajstić information content (AvgIpc) is 3.20. The minimum atomic E-state index is -0.581. The molecule has 0 spiro atoms. The lowest BCUT2D eigenvalue weighted by atomic mass is 10.3. The van der Waals surface area contributed by atoms with Crippen LogP contribution in [0, 0.1) is 5.82 Å². The zero-order chi connectivity index (χ0) is 14.8. The lowest BCUT2D eigenvalue weighted by molar-refractivity contribution is 0.249. The quantitative estimate of drug-likeness (QED) is 0.909. The van der Waals surface area contributed by atoms with Crippen LogP contribution in [0.15, 0.2) is 22.7 Å². The predicted octanol–water partition coefficient (Wildman–Crippen LogP) is 3.06. The second-order valence-electron chi connectivity index (χ2n) is 4.75. The SMILES string of the molecule is O=C(NCc1nc(C2CC2)no1)Nc1cc(Cl)ccc1F. The second-order valence-corrected chi connectivity index (χ2v) is 5.19. The van der Waals surface area contributed by atoms with Crippen LogP contribution < -0.4 is 10.6 Å². The van der Waals surface area contributed by atoms with Gasteiger partial charge in [-0.2, -0.15) is 4.98 Å². The Morgan fingerprint density at radius 1 is 1.48 bits per heavy atom. The summed E-state index contributed by atoms with van der Waals surface area (Å²) in [6.45, 7) is 0.0771. The Labute approximate surface area is 124 Å². The maximum Gasteiger partial charge on any atom is 0.319 e. The number of benzene rings is 1. The topological polar surface area (TPSA) is 80.1 Å². The number of halogens is 2. The first-order valence-corrected chi connectivity index (χ1v) is 6.82. The largest absolute Gasteiger partial charge is 0.337 e. The Hall–Kier alpha value is -2.15. The van der Waals surface area contributed by atoms with Crippen LogP contribution in [-0.2, 0) is 6.54 Å². The van der Waals surface area contributed by atoms with Gasteiger partial charge in [0.05, 0.1) is 12.2 Å². The third-order valence-electron chi connectivity index (χ3n) is 3.00. The van der Waals surface area contributed by atoms with Crippen molar-refractivity contribution in [3.63, 3.8) is 0 Å². The van der Waals surface area contributed by atoms with Crippen molar-refractivity contribution in [1.82, 2.24) is 15.5 Å². The number of carbonyl (C=O) groups is 1. The van der Waals surface area contributed by atoms with Gasteiger partial charge in [-0.05, 0) is 31.0 Å². The molecule has 1 aromatic heterocycles. The fraction of sp³-hybridized carbons (Fsp3) is 0.308. The van der Waals surface area contributed by atoms with Crippen molar-refractivity contribution in [2.75, 3.05) is 5.32 Å². The summed E-state index contributed by atoms with van der Waals surface area (Å²) < 4.78 is 18.5.